The molecule has 0 saturated carbocycles. The van der Waals surface area contributed by atoms with E-state index in [0.29, 0.717) is 18.0 Å². The van der Waals surface area contributed by atoms with E-state index in [2.05, 4.69) is 10.1 Å². The molecule has 1 aliphatic heterocycles. The number of para-hydroxylation sites is 1. The molecule has 0 saturated heterocycles. The molecule has 1 N–H and O–H groups in total. The molecule has 31 heavy (non-hydrogen) atoms. The molecule has 0 radical (unpaired) electrons. The molecule has 2 aromatic carbocycles. The van der Waals surface area contributed by atoms with E-state index in [-0.39, 0.29) is 24.8 Å². The molecule has 0 spiro atoms. The lowest BCUT2D eigenvalue weighted by Crippen LogP contribution is -2.34. The van der Waals surface area contributed by atoms with Crippen molar-refractivity contribution in [2.75, 3.05) is 0 Å². The third-order valence-corrected chi connectivity index (χ3v) is 5.77. The van der Waals surface area contributed by atoms with E-state index in [1.165, 1.54) is 5.01 Å². The van der Waals surface area contributed by atoms with Crippen molar-refractivity contribution in [2.45, 2.75) is 38.6 Å². The fourth-order valence-corrected chi connectivity index (χ4v) is 4.10. The van der Waals surface area contributed by atoms with Crippen LogP contribution in [0.3, 0.4) is 0 Å². The minimum absolute atomic E-state index is 0.0969. The van der Waals surface area contributed by atoms with Gasteiger partial charge in [-0.1, -0.05) is 60.1 Å². The standard InChI is InChI=1S/C24H22ClN3O3/c1-15-6-5-9-17-12-18(24(25)26-23(15)17)13-19-14-20(16-7-3-2-4-8-16)27-28(19)21(29)10-11-22(30)31/h2-9,12,19H,10-11,13-14H2,1H3,(H,30,31). The summed E-state index contributed by atoms with van der Waals surface area (Å²) in [4.78, 5) is 28.3. The molecule has 1 unspecified atom stereocenters. The SMILES string of the molecule is Cc1cccc2cc(CC3CC(c4ccccc4)=NN3C(=O)CCC(=O)O)c(Cl)nc12. The van der Waals surface area contributed by atoms with E-state index in [9.17, 15) is 9.59 Å². The highest BCUT2D eigenvalue weighted by Crippen LogP contribution is 2.29. The molecule has 6 nitrogen and oxygen atoms in total. The van der Waals surface area contributed by atoms with Gasteiger partial charge >= 0.3 is 5.97 Å². The van der Waals surface area contributed by atoms with Crippen LogP contribution < -0.4 is 0 Å². The van der Waals surface area contributed by atoms with Gasteiger partial charge in [0.2, 0.25) is 5.91 Å². The molecule has 1 aliphatic rings. The number of nitrogens with zero attached hydrogens (tertiary/aromatic N) is 3. The fourth-order valence-electron chi connectivity index (χ4n) is 3.88. The van der Waals surface area contributed by atoms with Gasteiger partial charge < -0.3 is 5.11 Å². The number of halogens is 1. The van der Waals surface area contributed by atoms with Crippen LogP contribution in [0.15, 0.2) is 59.7 Å². The Morgan fingerprint density at radius 3 is 2.65 bits per heavy atom. The van der Waals surface area contributed by atoms with Crippen molar-refractivity contribution in [3.05, 3.63) is 76.4 Å². The van der Waals surface area contributed by atoms with Crippen LogP contribution in [0, 0.1) is 6.92 Å². The number of carboxylic acids is 1. The second-order valence-electron chi connectivity index (χ2n) is 7.69. The Morgan fingerprint density at radius 1 is 1.13 bits per heavy atom. The van der Waals surface area contributed by atoms with Gasteiger partial charge in [0.25, 0.3) is 0 Å². The van der Waals surface area contributed by atoms with E-state index in [1.54, 1.807) is 0 Å². The first-order valence-electron chi connectivity index (χ1n) is 10.1. The highest BCUT2D eigenvalue weighted by atomic mass is 35.5. The number of aromatic nitrogens is 1. The first-order chi connectivity index (χ1) is 14.9. The normalized spacial score (nSPS) is 15.9. The van der Waals surface area contributed by atoms with Crippen molar-refractivity contribution in [2.24, 2.45) is 5.10 Å². The van der Waals surface area contributed by atoms with E-state index < -0.39 is 5.97 Å². The Hall–Kier alpha value is -3.25. The minimum Gasteiger partial charge on any atom is -0.481 e. The van der Waals surface area contributed by atoms with Gasteiger partial charge in [0.1, 0.15) is 5.15 Å². The summed E-state index contributed by atoms with van der Waals surface area (Å²) >= 11 is 6.51. The average Bonchev–Trinajstić information content (AvgIpc) is 3.18. The van der Waals surface area contributed by atoms with Crippen LogP contribution in [0.4, 0.5) is 0 Å². The smallest absolute Gasteiger partial charge is 0.303 e. The number of hydrogen-bond donors (Lipinski definition) is 1. The van der Waals surface area contributed by atoms with E-state index >= 15 is 0 Å². The van der Waals surface area contributed by atoms with Crippen molar-refractivity contribution in [1.82, 2.24) is 9.99 Å². The molecule has 0 aliphatic carbocycles. The Morgan fingerprint density at radius 2 is 1.90 bits per heavy atom. The number of hydrogen-bond acceptors (Lipinski definition) is 4. The second kappa shape index (κ2) is 8.86. The molecule has 158 valence electrons. The summed E-state index contributed by atoms with van der Waals surface area (Å²) in [5.74, 6) is -1.31. The minimum atomic E-state index is -1.01. The van der Waals surface area contributed by atoms with Gasteiger partial charge in [0.15, 0.2) is 0 Å². The molecule has 7 heteroatoms. The highest BCUT2D eigenvalue weighted by molar-refractivity contribution is 6.30. The van der Waals surface area contributed by atoms with Crippen LogP contribution in [0.5, 0.6) is 0 Å². The van der Waals surface area contributed by atoms with Crippen LogP contribution in [-0.2, 0) is 16.0 Å². The number of aryl methyl sites for hydroxylation is 1. The Bertz CT molecular complexity index is 1180. The van der Waals surface area contributed by atoms with E-state index in [0.717, 1.165) is 33.3 Å². The molecule has 2 heterocycles. The zero-order valence-corrected chi connectivity index (χ0v) is 17.8. The summed E-state index contributed by atoms with van der Waals surface area (Å²) in [7, 11) is 0. The molecule has 1 amide bonds. The zero-order valence-electron chi connectivity index (χ0n) is 17.1. The maximum Gasteiger partial charge on any atom is 0.303 e. The van der Waals surface area contributed by atoms with Gasteiger partial charge in [0, 0.05) is 18.2 Å². The maximum absolute atomic E-state index is 12.8. The van der Waals surface area contributed by atoms with Gasteiger partial charge in [-0.3, -0.25) is 9.59 Å². The second-order valence-corrected chi connectivity index (χ2v) is 8.05. The summed E-state index contributed by atoms with van der Waals surface area (Å²) in [6.45, 7) is 1.99. The van der Waals surface area contributed by atoms with Crippen molar-refractivity contribution in [3.63, 3.8) is 0 Å². The molecular weight excluding hydrogens is 414 g/mol. The largest absolute Gasteiger partial charge is 0.481 e. The number of carboxylic acid groups (broad SMARTS) is 1. The highest BCUT2D eigenvalue weighted by Gasteiger charge is 2.32. The number of carbonyl (C=O) groups is 2. The van der Waals surface area contributed by atoms with Crippen LogP contribution in [0.25, 0.3) is 10.9 Å². The molecule has 1 aromatic heterocycles. The third kappa shape index (κ3) is 4.59. The molecule has 1 atom stereocenters. The monoisotopic (exact) mass is 435 g/mol. The number of rotatable bonds is 6. The van der Waals surface area contributed by atoms with Crippen molar-refractivity contribution in [1.29, 1.82) is 0 Å². The van der Waals surface area contributed by atoms with Gasteiger partial charge in [0.05, 0.1) is 23.7 Å². The van der Waals surface area contributed by atoms with Crippen LogP contribution in [0.2, 0.25) is 5.15 Å². The van der Waals surface area contributed by atoms with Crippen LogP contribution in [-0.4, -0.2) is 38.7 Å². The summed E-state index contributed by atoms with van der Waals surface area (Å²) in [6.07, 6.45) is 0.718. The number of fused-ring (bicyclic) bond motifs is 1. The lowest BCUT2D eigenvalue weighted by Gasteiger charge is -2.22. The van der Waals surface area contributed by atoms with Crippen molar-refractivity contribution in [3.8, 4) is 0 Å². The predicted molar refractivity (Wildman–Crippen MR) is 120 cm³/mol. The van der Waals surface area contributed by atoms with E-state index in [4.69, 9.17) is 16.7 Å². The van der Waals surface area contributed by atoms with Gasteiger partial charge in [-0.05, 0) is 36.1 Å². The van der Waals surface area contributed by atoms with E-state index in [1.807, 2.05) is 61.5 Å². The number of hydrazone groups is 1. The number of carbonyl (C=O) groups excluding carboxylic acids is 1. The first-order valence-corrected chi connectivity index (χ1v) is 10.5. The van der Waals surface area contributed by atoms with Crippen molar-refractivity contribution < 1.29 is 14.7 Å². The first kappa shape index (κ1) is 21.0. The van der Waals surface area contributed by atoms with Crippen molar-refractivity contribution >= 4 is 40.1 Å². The molecule has 0 fully saturated rings. The van der Waals surface area contributed by atoms with Crippen LogP contribution in [0.1, 0.15) is 36.0 Å². The topological polar surface area (TPSA) is 82.9 Å². The van der Waals surface area contributed by atoms with Gasteiger partial charge in [-0.25, -0.2) is 9.99 Å². The Balaban J connectivity index is 1.64. The molecular formula is C24H22ClN3O3. The lowest BCUT2D eigenvalue weighted by atomic mass is 9.98. The average molecular weight is 436 g/mol. The Kier molecular flexibility index (Phi) is 6.00. The number of amides is 1. The predicted octanol–water partition coefficient (Wildman–Crippen LogP) is 4.61. The van der Waals surface area contributed by atoms with Gasteiger partial charge in [-0.15, -0.1) is 0 Å². The quantitative estimate of drug-likeness (QED) is 0.573. The number of pyridine rings is 1. The zero-order chi connectivity index (χ0) is 22.0. The molecule has 3 aromatic rings. The summed E-state index contributed by atoms with van der Waals surface area (Å²) < 4.78 is 0. The lowest BCUT2D eigenvalue weighted by molar-refractivity contribution is -0.141. The number of benzene rings is 2. The summed E-state index contributed by atoms with van der Waals surface area (Å²) in [6, 6.07) is 17.4. The Labute approximate surface area is 185 Å². The van der Waals surface area contributed by atoms with Crippen LogP contribution >= 0.6 is 11.6 Å². The van der Waals surface area contributed by atoms with Gasteiger partial charge in [-0.2, -0.15) is 5.10 Å². The fraction of sp³-hybridized carbons (Fsp3) is 0.250. The third-order valence-electron chi connectivity index (χ3n) is 5.45. The molecule has 4 rings (SSSR count). The number of aliphatic carboxylic acids is 1. The maximum atomic E-state index is 12.8. The summed E-state index contributed by atoms with van der Waals surface area (Å²) in [5, 5.41) is 16.4. The molecule has 0 bridgehead atoms. The summed E-state index contributed by atoms with van der Waals surface area (Å²) in [5.41, 5.74) is 4.49.